The maximum absolute atomic E-state index is 12.0. The van der Waals surface area contributed by atoms with E-state index >= 15 is 0 Å². The van der Waals surface area contributed by atoms with Gasteiger partial charge in [0.25, 0.3) is 0 Å². The van der Waals surface area contributed by atoms with Crippen molar-refractivity contribution in [3.63, 3.8) is 0 Å². The Balaban J connectivity index is 2.94. The third-order valence-electron chi connectivity index (χ3n) is 3.41. The number of anilines is 1. The molecule has 4 N–H and O–H groups in total. The molecule has 0 aromatic heterocycles. The molecular weight excluding hydrogens is 260 g/mol. The molecule has 108 valence electrons. The normalized spacial score (nSPS) is 13.3. The molecule has 2 amide bonds. The number of rotatable bonds is 5. The van der Waals surface area contributed by atoms with Crippen molar-refractivity contribution < 1.29 is 19.5 Å². The zero-order valence-electron chi connectivity index (χ0n) is 11.6. The Kier molecular flexibility index (Phi) is 4.85. The number of primary amides is 1. The summed E-state index contributed by atoms with van der Waals surface area (Å²) in [6, 6.07) is 4.81. The first-order chi connectivity index (χ1) is 9.25. The van der Waals surface area contributed by atoms with Gasteiger partial charge in [0.15, 0.2) is 0 Å². The Morgan fingerprint density at radius 1 is 1.20 bits per heavy atom. The predicted molar refractivity (Wildman–Crippen MR) is 74.3 cm³/mol. The number of hydrogen-bond acceptors (Lipinski definition) is 3. The van der Waals surface area contributed by atoms with Crippen molar-refractivity contribution in [3.05, 3.63) is 29.3 Å². The number of aliphatic carboxylic acids is 1. The van der Waals surface area contributed by atoms with Crippen molar-refractivity contribution in [2.24, 2.45) is 17.6 Å². The quantitative estimate of drug-likeness (QED) is 0.756. The van der Waals surface area contributed by atoms with E-state index in [0.29, 0.717) is 16.8 Å². The van der Waals surface area contributed by atoms with Crippen molar-refractivity contribution in [2.75, 3.05) is 5.32 Å². The smallest absolute Gasteiger partial charge is 0.307 e. The molecule has 2 unspecified atom stereocenters. The topological polar surface area (TPSA) is 109 Å². The Morgan fingerprint density at radius 2 is 1.80 bits per heavy atom. The predicted octanol–water partition coefficient (Wildman–Crippen LogP) is 1.39. The van der Waals surface area contributed by atoms with Crippen LogP contribution in [0.1, 0.15) is 29.8 Å². The highest BCUT2D eigenvalue weighted by Crippen LogP contribution is 2.21. The van der Waals surface area contributed by atoms with Crippen LogP contribution < -0.4 is 11.1 Å². The lowest BCUT2D eigenvalue weighted by atomic mass is 9.95. The van der Waals surface area contributed by atoms with Crippen LogP contribution in [0.4, 0.5) is 5.69 Å². The summed E-state index contributed by atoms with van der Waals surface area (Å²) in [6.45, 7) is 4.68. The van der Waals surface area contributed by atoms with Crippen LogP contribution in [-0.4, -0.2) is 22.9 Å². The summed E-state index contributed by atoms with van der Waals surface area (Å²) in [7, 11) is 0. The van der Waals surface area contributed by atoms with E-state index in [1.165, 1.54) is 6.92 Å². The van der Waals surface area contributed by atoms with Gasteiger partial charge >= 0.3 is 5.97 Å². The molecule has 0 bridgehead atoms. The number of benzene rings is 1. The van der Waals surface area contributed by atoms with E-state index in [9.17, 15) is 14.4 Å². The largest absolute Gasteiger partial charge is 0.481 e. The van der Waals surface area contributed by atoms with Crippen LogP contribution in [0.5, 0.6) is 0 Å². The fourth-order valence-electron chi connectivity index (χ4n) is 1.73. The highest BCUT2D eigenvalue weighted by molar-refractivity contribution is 5.99. The Bertz CT molecular complexity index is 554. The van der Waals surface area contributed by atoms with E-state index in [2.05, 4.69) is 5.32 Å². The SMILES string of the molecule is Cc1c(NC(=O)C(C)C(C)C(=O)O)cccc1C(N)=O. The number of nitrogens with one attached hydrogen (secondary N) is 1. The third-order valence-corrected chi connectivity index (χ3v) is 3.41. The minimum atomic E-state index is -1.03. The molecule has 0 saturated carbocycles. The van der Waals surface area contributed by atoms with Crippen LogP contribution in [0.2, 0.25) is 0 Å². The molecule has 0 spiro atoms. The standard InChI is InChI=1S/C14H18N2O4/c1-7(8(2)14(19)20)13(18)16-11-6-4-5-10(9(11)3)12(15)17/h4-8H,1-3H3,(H2,15,17)(H,16,18)(H,19,20). The van der Waals surface area contributed by atoms with Crippen LogP contribution in [0, 0.1) is 18.8 Å². The van der Waals surface area contributed by atoms with E-state index in [4.69, 9.17) is 10.8 Å². The number of carbonyl (C=O) groups excluding carboxylic acids is 2. The van der Waals surface area contributed by atoms with Crippen molar-refractivity contribution in [3.8, 4) is 0 Å². The van der Waals surface area contributed by atoms with E-state index in [-0.39, 0.29) is 0 Å². The summed E-state index contributed by atoms with van der Waals surface area (Å²) in [6.07, 6.45) is 0. The number of hydrogen-bond donors (Lipinski definition) is 3. The van der Waals surface area contributed by atoms with Gasteiger partial charge in [0.1, 0.15) is 0 Å². The Labute approximate surface area is 117 Å². The summed E-state index contributed by atoms with van der Waals surface area (Å²) < 4.78 is 0. The molecule has 0 heterocycles. The molecule has 0 radical (unpaired) electrons. The monoisotopic (exact) mass is 278 g/mol. The average Bonchev–Trinajstić information content (AvgIpc) is 2.38. The number of carboxylic acids is 1. The molecular formula is C14H18N2O4. The van der Waals surface area contributed by atoms with Crippen molar-refractivity contribution >= 4 is 23.5 Å². The molecule has 0 aliphatic carbocycles. The van der Waals surface area contributed by atoms with Gasteiger partial charge in [-0.15, -0.1) is 0 Å². The average molecular weight is 278 g/mol. The molecule has 0 saturated heterocycles. The fourth-order valence-corrected chi connectivity index (χ4v) is 1.73. The lowest BCUT2D eigenvalue weighted by molar-refractivity contribution is -0.145. The maximum atomic E-state index is 12.0. The number of nitrogens with two attached hydrogens (primary N) is 1. The fraction of sp³-hybridized carbons (Fsp3) is 0.357. The van der Waals surface area contributed by atoms with Crippen LogP contribution in [-0.2, 0) is 9.59 Å². The minimum absolute atomic E-state index is 0.321. The molecule has 1 aromatic rings. The van der Waals surface area contributed by atoms with Gasteiger partial charge in [-0.2, -0.15) is 0 Å². The zero-order valence-corrected chi connectivity index (χ0v) is 11.6. The third kappa shape index (κ3) is 3.34. The lowest BCUT2D eigenvalue weighted by Gasteiger charge is -2.17. The van der Waals surface area contributed by atoms with Crippen LogP contribution in [0.3, 0.4) is 0 Å². The highest BCUT2D eigenvalue weighted by Gasteiger charge is 2.26. The number of amides is 2. The molecule has 1 rings (SSSR count). The van der Waals surface area contributed by atoms with Crippen LogP contribution >= 0.6 is 0 Å². The highest BCUT2D eigenvalue weighted by atomic mass is 16.4. The van der Waals surface area contributed by atoms with Crippen LogP contribution in [0.15, 0.2) is 18.2 Å². The van der Waals surface area contributed by atoms with E-state index in [1.807, 2.05) is 0 Å². The maximum Gasteiger partial charge on any atom is 0.307 e. The molecule has 0 fully saturated rings. The minimum Gasteiger partial charge on any atom is -0.481 e. The number of carbonyl (C=O) groups is 3. The Morgan fingerprint density at radius 3 is 2.30 bits per heavy atom. The molecule has 20 heavy (non-hydrogen) atoms. The first-order valence-corrected chi connectivity index (χ1v) is 6.18. The number of carboxylic acid groups (broad SMARTS) is 1. The summed E-state index contributed by atoms with van der Waals surface area (Å²) >= 11 is 0. The van der Waals surface area contributed by atoms with Gasteiger partial charge < -0.3 is 16.2 Å². The van der Waals surface area contributed by atoms with Crippen molar-refractivity contribution in [1.82, 2.24) is 0 Å². The van der Waals surface area contributed by atoms with Gasteiger partial charge in [-0.1, -0.05) is 19.9 Å². The molecule has 2 atom stereocenters. The second-order valence-electron chi connectivity index (χ2n) is 4.75. The van der Waals surface area contributed by atoms with Gasteiger partial charge in [-0.25, -0.2) is 0 Å². The van der Waals surface area contributed by atoms with Gasteiger partial charge in [0, 0.05) is 17.2 Å². The van der Waals surface area contributed by atoms with E-state index < -0.39 is 29.6 Å². The van der Waals surface area contributed by atoms with Crippen molar-refractivity contribution in [2.45, 2.75) is 20.8 Å². The second kappa shape index (κ2) is 6.18. The summed E-state index contributed by atoms with van der Waals surface area (Å²) in [4.78, 5) is 34.1. The lowest BCUT2D eigenvalue weighted by Crippen LogP contribution is -2.30. The zero-order chi connectivity index (χ0) is 15.4. The summed E-state index contributed by atoms with van der Waals surface area (Å²) in [5.41, 5.74) is 6.57. The molecule has 6 heteroatoms. The van der Waals surface area contributed by atoms with Gasteiger partial charge in [-0.3, -0.25) is 14.4 Å². The first kappa shape index (κ1) is 15.7. The van der Waals surface area contributed by atoms with Gasteiger partial charge in [0.05, 0.1) is 5.92 Å². The van der Waals surface area contributed by atoms with Crippen molar-refractivity contribution in [1.29, 1.82) is 0 Å². The van der Waals surface area contributed by atoms with E-state index in [1.54, 1.807) is 32.0 Å². The van der Waals surface area contributed by atoms with E-state index in [0.717, 1.165) is 0 Å². The Hall–Kier alpha value is -2.37. The van der Waals surface area contributed by atoms with Gasteiger partial charge in [0.2, 0.25) is 11.8 Å². The molecule has 0 aliphatic heterocycles. The van der Waals surface area contributed by atoms with Gasteiger partial charge in [-0.05, 0) is 24.6 Å². The summed E-state index contributed by atoms with van der Waals surface area (Å²) in [5.74, 6) is -3.51. The van der Waals surface area contributed by atoms with Crippen LogP contribution in [0.25, 0.3) is 0 Å². The summed E-state index contributed by atoms with van der Waals surface area (Å²) in [5, 5.41) is 11.5. The first-order valence-electron chi connectivity index (χ1n) is 6.18. The second-order valence-corrected chi connectivity index (χ2v) is 4.75. The molecule has 1 aromatic carbocycles. The molecule has 6 nitrogen and oxygen atoms in total. The molecule has 0 aliphatic rings.